The molecule has 3 aromatic carbocycles. The van der Waals surface area contributed by atoms with Crippen LogP contribution in [0.3, 0.4) is 0 Å². The highest BCUT2D eigenvalue weighted by molar-refractivity contribution is 6.34. The number of benzene rings is 3. The molecule has 4 rings (SSSR count). The minimum Gasteiger partial charge on any atom is -0.490 e. The molecule has 6 nitrogen and oxygen atoms in total. The van der Waals surface area contributed by atoms with Crippen molar-refractivity contribution in [3.63, 3.8) is 0 Å². The average molecular weight is 493 g/mol. The van der Waals surface area contributed by atoms with Crippen molar-refractivity contribution in [3.8, 4) is 11.5 Å². The summed E-state index contributed by atoms with van der Waals surface area (Å²) in [4.78, 5) is 25.6. The second-order valence-corrected chi connectivity index (χ2v) is 8.90. The van der Waals surface area contributed by atoms with Gasteiger partial charge in [-0.1, -0.05) is 55.1 Å². The number of ether oxygens (including phenoxy) is 2. The van der Waals surface area contributed by atoms with Crippen molar-refractivity contribution >= 4 is 29.1 Å². The molecular formula is C28H29ClN2O4. The van der Waals surface area contributed by atoms with Crippen molar-refractivity contribution in [2.45, 2.75) is 38.1 Å². The van der Waals surface area contributed by atoms with Crippen LogP contribution in [-0.4, -0.2) is 31.1 Å². The zero-order valence-electron chi connectivity index (χ0n) is 19.5. The summed E-state index contributed by atoms with van der Waals surface area (Å²) in [5.74, 6) is 0.819. The maximum absolute atomic E-state index is 12.8. The third-order valence-electron chi connectivity index (χ3n) is 5.87. The Hall–Kier alpha value is -3.51. The molecule has 1 saturated carbocycles. The maximum Gasteiger partial charge on any atom is 0.255 e. The van der Waals surface area contributed by atoms with E-state index in [-0.39, 0.29) is 17.9 Å². The van der Waals surface area contributed by atoms with Gasteiger partial charge in [0.15, 0.2) is 0 Å². The first-order valence-corrected chi connectivity index (χ1v) is 12.3. The summed E-state index contributed by atoms with van der Waals surface area (Å²) in [6.07, 6.45) is 5.42. The van der Waals surface area contributed by atoms with Gasteiger partial charge in [-0.05, 0) is 61.4 Å². The zero-order chi connectivity index (χ0) is 24.5. The minimum atomic E-state index is -0.308. The lowest BCUT2D eigenvalue weighted by Crippen LogP contribution is -2.36. The van der Waals surface area contributed by atoms with Crippen LogP contribution in [0.15, 0.2) is 72.8 Å². The molecule has 0 heterocycles. The van der Waals surface area contributed by atoms with Gasteiger partial charge < -0.3 is 20.1 Å². The Morgan fingerprint density at radius 2 is 1.51 bits per heavy atom. The van der Waals surface area contributed by atoms with Crippen LogP contribution in [0, 0.1) is 0 Å². The van der Waals surface area contributed by atoms with Gasteiger partial charge in [-0.25, -0.2) is 0 Å². The van der Waals surface area contributed by atoms with E-state index in [0.717, 1.165) is 31.4 Å². The molecule has 0 aromatic heterocycles. The molecule has 0 unspecified atom stereocenters. The number of nitrogens with one attached hydrogen (secondary N) is 2. The van der Waals surface area contributed by atoms with E-state index < -0.39 is 0 Å². The van der Waals surface area contributed by atoms with E-state index in [2.05, 4.69) is 10.6 Å². The molecule has 2 amide bonds. The quantitative estimate of drug-likeness (QED) is 0.353. The molecule has 0 saturated heterocycles. The molecule has 1 aliphatic rings. The van der Waals surface area contributed by atoms with Crippen LogP contribution >= 0.6 is 11.6 Å². The summed E-state index contributed by atoms with van der Waals surface area (Å²) in [6.45, 7) is 0.730. The SMILES string of the molecule is O=C(Nc1ccc(Cl)c(C(=O)NC2CCCCC2)c1)c1cccc(OCCOc2ccccc2)c1. The first-order chi connectivity index (χ1) is 17.1. The van der Waals surface area contributed by atoms with E-state index in [4.69, 9.17) is 21.1 Å². The molecule has 3 aromatic rings. The number of anilines is 1. The van der Waals surface area contributed by atoms with E-state index in [1.807, 2.05) is 30.3 Å². The van der Waals surface area contributed by atoms with Crippen molar-refractivity contribution in [1.29, 1.82) is 0 Å². The summed E-state index contributed by atoms with van der Waals surface area (Å²) < 4.78 is 11.4. The molecule has 0 aliphatic heterocycles. The van der Waals surface area contributed by atoms with Crippen LogP contribution in [0.5, 0.6) is 11.5 Å². The predicted molar refractivity (Wildman–Crippen MR) is 138 cm³/mol. The summed E-state index contributed by atoms with van der Waals surface area (Å²) in [5, 5.41) is 6.26. The van der Waals surface area contributed by atoms with Gasteiger partial charge in [0.2, 0.25) is 0 Å². The Balaban J connectivity index is 1.33. The first-order valence-electron chi connectivity index (χ1n) is 11.9. The van der Waals surface area contributed by atoms with Crippen LogP contribution in [0.4, 0.5) is 5.69 Å². The van der Waals surface area contributed by atoms with Crippen LogP contribution in [0.2, 0.25) is 5.02 Å². The van der Waals surface area contributed by atoms with Gasteiger partial charge in [0.1, 0.15) is 24.7 Å². The topological polar surface area (TPSA) is 76.7 Å². The highest BCUT2D eigenvalue weighted by Gasteiger charge is 2.19. The summed E-state index contributed by atoms with van der Waals surface area (Å²) in [5.41, 5.74) is 1.29. The Bertz CT molecular complexity index is 1150. The normalized spacial score (nSPS) is 13.6. The first kappa shape index (κ1) is 24.6. The summed E-state index contributed by atoms with van der Waals surface area (Å²) in [6, 6.07) is 21.5. The lowest BCUT2D eigenvalue weighted by atomic mass is 9.95. The maximum atomic E-state index is 12.8. The van der Waals surface area contributed by atoms with E-state index in [1.165, 1.54) is 6.42 Å². The molecule has 0 spiro atoms. The van der Waals surface area contributed by atoms with E-state index in [0.29, 0.717) is 40.8 Å². The van der Waals surface area contributed by atoms with Gasteiger partial charge >= 0.3 is 0 Å². The second-order valence-electron chi connectivity index (χ2n) is 8.49. The lowest BCUT2D eigenvalue weighted by Gasteiger charge is -2.23. The lowest BCUT2D eigenvalue weighted by molar-refractivity contribution is 0.0926. The summed E-state index contributed by atoms with van der Waals surface area (Å²) in [7, 11) is 0. The second kappa shape index (κ2) is 12.3. The van der Waals surface area contributed by atoms with Crippen molar-refractivity contribution in [1.82, 2.24) is 5.32 Å². The number of hydrogen-bond acceptors (Lipinski definition) is 4. The van der Waals surface area contributed by atoms with Crippen molar-refractivity contribution < 1.29 is 19.1 Å². The molecular weight excluding hydrogens is 464 g/mol. The van der Waals surface area contributed by atoms with Crippen molar-refractivity contribution in [2.24, 2.45) is 0 Å². The van der Waals surface area contributed by atoms with E-state index in [9.17, 15) is 9.59 Å². The fourth-order valence-electron chi connectivity index (χ4n) is 4.05. The molecule has 0 atom stereocenters. The van der Waals surface area contributed by atoms with Gasteiger partial charge in [-0.2, -0.15) is 0 Å². The van der Waals surface area contributed by atoms with Crippen LogP contribution in [0.25, 0.3) is 0 Å². The molecule has 182 valence electrons. The number of halogens is 1. The molecule has 2 N–H and O–H groups in total. The Labute approximate surface area is 210 Å². The average Bonchev–Trinajstić information content (AvgIpc) is 2.89. The van der Waals surface area contributed by atoms with Gasteiger partial charge in [0.05, 0.1) is 10.6 Å². The Morgan fingerprint density at radius 3 is 2.29 bits per heavy atom. The fraction of sp³-hybridized carbons (Fsp3) is 0.286. The van der Waals surface area contributed by atoms with Gasteiger partial charge in [-0.15, -0.1) is 0 Å². The minimum absolute atomic E-state index is 0.173. The van der Waals surface area contributed by atoms with Crippen LogP contribution in [-0.2, 0) is 0 Å². The monoisotopic (exact) mass is 492 g/mol. The predicted octanol–water partition coefficient (Wildman–Crippen LogP) is 6.11. The Morgan fingerprint density at radius 1 is 0.800 bits per heavy atom. The number of para-hydroxylation sites is 1. The third kappa shape index (κ3) is 7.23. The number of amides is 2. The molecule has 0 bridgehead atoms. The van der Waals surface area contributed by atoms with Crippen LogP contribution < -0.4 is 20.1 Å². The largest absolute Gasteiger partial charge is 0.490 e. The van der Waals surface area contributed by atoms with Crippen LogP contribution in [0.1, 0.15) is 52.8 Å². The Kier molecular flexibility index (Phi) is 8.63. The highest BCUT2D eigenvalue weighted by Crippen LogP contribution is 2.24. The molecule has 1 aliphatic carbocycles. The molecule has 35 heavy (non-hydrogen) atoms. The van der Waals surface area contributed by atoms with Gasteiger partial charge in [-0.3, -0.25) is 9.59 Å². The van der Waals surface area contributed by atoms with Gasteiger partial charge in [0, 0.05) is 17.3 Å². The summed E-state index contributed by atoms with van der Waals surface area (Å²) >= 11 is 6.28. The van der Waals surface area contributed by atoms with E-state index >= 15 is 0 Å². The van der Waals surface area contributed by atoms with E-state index in [1.54, 1.807) is 42.5 Å². The number of carbonyl (C=O) groups excluding carboxylic acids is 2. The number of hydrogen-bond donors (Lipinski definition) is 2. The van der Waals surface area contributed by atoms with Crippen molar-refractivity contribution in [3.05, 3.63) is 88.9 Å². The third-order valence-corrected chi connectivity index (χ3v) is 6.20. The fourth-order valence-corrected chi connectivity index (χ4v) is 4.26. The number of rotatable bonds is 9. The molecule has 7 heteroatoms. The molecule has 0 radical (unpaired) electrons. The highest BCUT2D eigenvalue weighted by atomic mass is 35.5. The van der Waals surface area contributed by atoms with Crippen molar-refractivity contribution in [2.75, 3.05) is 18.5 Å². The zero-order valence-corrected chi connectivity index (χ0v) is 20.2. The van der Waals surface area contributed by atoms with Gasteiger partial charge in [0.25, 0.3) is 11.8 Å². The molecule has 1 fully saturated rings. The number of carbonyl (C=O) groups is 2. The smallest absolute Gasteiger partial charge is 0.255 e. The standard InChI is InChI=1S/C28H29ClN2O4/c29-26-15-14-22(19-25(26)28(33)30-21-9-3-1-4-10-21)31-27(32)20-8-7-13-24(18-20)35-17-16-34-23-11-5-2-6-12-23/h2,5-8,11-15,18-19,21H,1,3-4,9-10,16-17H2,(H,30,33)(H,31,32).